The van der Waals surface area contributed by atoms with Gasteiger partial charge in [0.25, 0.3) is 0 Å². The summed E-state index contributed by atoms with van der Waals surface area (Å²) in [6.45, 7) is 0. The van der Waals surface area contributed by atoms with Gasteiger partial charge in [-0.15, -0.1) is 0 Å². The summed E-state index contributed by atoms with van der Waals surface area (Å²) in [5.41, 5.74) is 10.1. The molecule has 1 fully saturated rings. The lowest BCUT2D eigenvalue weighted by molar-refractivity contribution is 0.374. The summed E-state index contributed by atoms with van der Waals surface area (Å²) in [4.78, 5) is 4.82. The second-order valence-corrected chi connectivity index (χ2v) is 6.37. The summed E-state index contributed by atoms with van der Waals surface area (Å²) in [7, 11) is 1.68. The zero-order valence-electron chi connectivity index (χ0n) is 13.7. The van der Waals surface area contributed by atoms with E-state index in [-0.39, 0.29) is 0 Å². The molecule has 3 N–H and O–H groups in total. The van der Waals surface area contributed by atoms with Crippen molar-refractivity contribution in [2.24, 2.45) is 5.73 Å². The monoisotopic (exact) mass is 319 g/mol. The first-order valence-electron chi connectivity index (χ1n) is 8.29. The number of nitrogens with zero attached hydrogens (tertiary/aromatic N) is 1. The van der Waals surface area contributed by atoms with Gasteiger partial charge in [0.2, 0.25) is 0 Å². The van der Waals surface area contributed by atoms with E-state index in [0.29, 0.717) is 12.1 Å². The molecule has 0 aliphatic heterocycles. The number of ether oxygens (including phenoxy) is 1. The van der Waals surface area contributed by atoms with E-state index in [2.05, 4.69) is 29.6 Å². The van der Waals surface area contributed by atoms with Crippen LogP contribution in [0.5, 0.6) is 5.75 Å². The molecule has 122 valence electrons. The van der Waals surface area contributed by atoms with Crippen LogP contribution in [-0.2, 0) is 0 Å². The van der Waals surface area contributed by atoms with Gasteiger partial charge in [0, 0.05) is 28.7 Å². The van der Waals surface area contributed by atoms with Gasteiger partial charge in [0.1, 0.15) is 5.75 Å². The molecule has 1 saturated carbocycles. The van der Waals surface area contributed by atoms with Gasteiger partial charge in [-0.3, -0.25) is 0 Å². The highest BCUT2D eigenvalue weighted by molar-refractivity contribution is 5.93. The number of para-hydroxylation sites is 1. The number of hydrogen-bond donors (Lipinski definition) is 2. The Bertz CT molecular complexity index is 854. The molecule has 4 heteroatoms. The fraction of sp³-hybridized carbons (Fsp3) is 0.250. The molecule has 24 heavy (non-hydrogen) atoms. The maximum atomic E-state index is 5.92. The quantitative estimate of drug-likeness (QED) is 0.767. The minimum atomic E-state index is 0.330. The molecule has 0 saturated heterocycles. The van der Waals surface area contributed by atoms with Crippen molar-refractivity contribution in [2.45, 2.75) is 24.9 Å². The molecule has 1 aromatic heterocycles. The van der Waals surface area contributed by atoms with E-state index in [1.807, 2.05) is 30.3 Å². The van der Waals surface area contributed by atoms with Gasteiger partial charge in [-0.2, -0.15) is 0 Å². The molecule has 1 aliphatic carbocycles. The molecule has 1 aliphatic rings. The van der Waals surface area contributed by atoms with E-state index < -0.39 is 0 Å². The number of nitrogens with two attached hydrogens (primary N) is 1. The molecule has 2 aromatic carbocycles. The lowest BCUT2D eigenvalue weighted by Gasteiger charge is -2.34. The molecule has 0 spiro atoms. The van der Waals surface area contributed by atoms with E-state index >= 15 is 0 Å². The highest BCUT2D eigenvalue weighted by Gasteiger charge is 2.26. The average molecular weight is 319 g/mol. The van der Waals surface area contributed by atoms with Crippen LogP contribution < -0.4 is 15.8 Å². The Labute approximate surface area is 141 Å². The minimum absolute atomic E-state index is 0.330. The number of hydrogen-bond acceptors (Lipinski definition) is 4. The summed E-state index contributed by atoms with van der Waals surface area (Å²) >= 11 is 0. The van der Waals surface area contributed by atoms with E-state index in [1.54, 1.807) is 7.11 Å². The Morgan fingerprint density at radius 2 is 1.83 bits per heavy atom. The predicted molar refractivity (Wildman–Crippen MR) is 98.4 cm³/mol. The largest absolute Gasteiger partial charge is 0.497 e. The van der Waals surface area contributed by atoms with Crippen LogP contribution in [0.15, 0.2) is 54.6 Å². The van der Waals surface area contributed by atoms with Gasteiger partial charge in [-0.25, -0.2) is 4.98 Å². The van der Waals surface area contributed by atoms with E-state index in [0.717, 1.165) is 46.4 Å². The van der Waals surface area contributed by atoms with Gasteiger partial charge >= 0.3 is 0 Å². The number of aromatic nitrogens is 1. The number of rotatable bonds is 4. The maximum Gasteiger partial charge on any atom is 0.118 e. The summed E-state index contributed by atoms with van der Waals surface area (Å²) in [6.07, 6.45) is 2.04. The molecular formula is C20H21N3O. The Balaban J connectivity index is 1.75. The first kappa shape index (κ1) is 15.0. The Hall–Kier alpha value is -2.59. The van der Waals surface area contributed by atoms with E-state index in [1.165, 1.54) is 0 Å². The number of pyridine rings is 1. The second kappa shape index (κ2) is 6.13. The lowest BCUT2D eigenvalue weighted by atomic mass is 9.87. The third-order valence-electron chi connectivity index (χ3n) is 4.64. The molecule has 0 radical (unpaired) electrons. The van der Waals surface area contributed by atoms with Crippen molar-refractivity contribution in [3.63, 3.8) is 0 Å². The molecule has 0 atom stereocenters. The van der Waals surface area contributed by atoms with Gasteiger partial charge in [0.05, 0.1) is 18.3 Å². The van der Waals surface area contributed by atoms with Crippen LogP contribution >= 0.6 is 0 Å². The highest BCUT2D eigenvalue weighted by Crippen LogP contribution is 2.32. The fourth-order valence-corrected chi connectivity index (χ4v) is 3.20. The SMILES string of the molecule is COc1ccc(-c2cc(N[C@H]3C[C@@H](N)C3)c3ccccc3n2)cc1. The van der Waals surface area contributed by atoms with Crippen LogP contribution in [0.1, 0.15) is 12.8 Å². The number of fused-ring (bicyclic) bond motifs is 1. The van der Waals surface area contributed by atoms with Gasteiger partial charge in [-0.1, -0.05) is 18.2 Å². The summed E-state index contributed by atoms with van der Waals surface area (Å²) in [6, 6.07) is 19.2. The maximum absolute atomic E-state index is 5.92. The fourth-order valence-electron chi connectivity index (χ4n) is 3.20. The third kappa shape index (κ3) is 2.81. The van der Waals surface area contributed by atoms with Crippen molar-refractivity contribution in [3.05, 3.63) is 54.6 Å². The van der Waals surface area contributed by atoms with Gasteiger partial charge < -0.3 is 15.8 Å². The number of methoxy groups -OCH3 is 1. The van der Waals surface area contributed by atoms with Crippen LogP contribution in [0.3, 0.4) is 0 Å². The normalized spacial score (nSPS) is 19.8. The standard InChI is InChI=1S/C20H21N3O/c1-24-16-8-6-13(7-9-16)19-12-20(22-15-10-14(21)11-15)17-4-2-3-5-18(17)23-19/h2-9,12,14-15H,10-11,21H2,1H3,(H,22,23)/t14-,15+. The smallest absolute Gasteiger partial charge is 0.118 e. The summed E-state index contributed by atoms with van der Waals surface area (Å²) < 4.78 is 5.24. The van der Waals surface area contributed by atoms with Crippen LogP contribution in [0.4, 0.5) is 5.69 Å². The molecular weight excluding hydrogens is 298 g/mol. The average Bonchev–Trinajstić information content (AvgIpc) is 2.60. The van der Waals surface area contributed by atoms with Crippen LogP contribution in [0, 0.1) is 0 Å². The van der Waals surface area contributed by atoms with Crippen molar-refractivity contribution in [1.29, 1.82) is 0 Å². The van der Waals surface area contributed by atoms with Crippen LogP contribution in [-0.4, -0.2) is 24.2 Å². The van der Waals surface area contributed by atoms with E-state index in [9.17, 15) is 0 Å². The highest BCUT2D eigenvalue weighted by atomic mass is 16.5. The number of anilines is 1. The molecule has 4 nitrogen and oxygen atoms in total. The third-order valence-corrected chi connectivity index (χ3v) is 4.64. The van der Waals surface area contributed by atoms with Gasteiger partial charge in [0.15, 0.2) is 0 Å². The van der Waals surface area contributed by atoms with Crippen molar-refractivity contribution in [3.8, 4) is 17.0 Å². The van der Waals surface area contributed by atoms with E-state index in [4.69, 9.17) is 15.5 Å². The lowest BCUT2D eigenvalue weighted by Crippen LogP contribution is -2.44. The number of nitrogens with one attached hydrogen (secondary N) is 1. The Kier molecular flexibility index (Phi) is 3.82. The zero-order chi connectivity index (χ0) is 16.5. The molecule has 3 aromatic rings. The molecule has 0 amide bonds. The van der Waals surface area contributed by atoms with Crippen LogP contribution in [0.2, 0.25) is 0 Å². The van der Waals surface area contributed by atoms with Crippen molar-refractivity contribution in [2.75, 3.05) is 12.4 Å². The predicted octanol–water partition coefficient (Wildman–Crippen LogP) is 3.81. The summed E-state index contributed by atoms with van der Waals surface area (Å²) in [5.74, 6) is 0.848. The topological polar surface area (TPSA) is 60.2 Å². The van der Waals surface area contributed by atoms with Crippen molar-refractivity contribution >= 4 is 16.6 Å². The second-order valence-electron chi connectivity index (χ2n) is 6.37. The molecule has 0 unspecified atom stereocenters. The first-order chi connectivity index (χ1) is 11.7. The summed E-state index contributed by atoms with van der Waals surface area (Å²) in [5, 5.41) is 4.79. The Morgan fingerprint density at radius 3 is 2.54 bits per heavy atom. The van der Waals surface area contributed by atoms with Crippen molar-refractivity contribution in [1.82, 2.24) is 4.98 Å². The molecule has 0 bridgehead atoms. The number of benzene rings is 2. The first-order valence-corrected chi connectivity index (χ1v) is 8.29. The zero-order valence-corrected chi connectivity index (χ0v) is 13.7. The molecule has 4 rings (SSSR count). The Morgan fingerprint density at radius 1 is 1.08 bits per heavy atom. The van der Waals surface area contributed by atoms with Crippen LogP contribution in [0.25, 0.3) is 22.2 Å². The van der Waals surface area contributed by atoms with Crippen molar-refractivity contribution < 1.29 is 4.74 Å². The molecule has 1 heterocycles. The van der Waals surface area contributed by atoms with Gasteiger partial charge in [-0.05, 0) is 49.2 Å². The minimum Gasteiger partial charge on any atom is -0.497 e.